The quantitative estimate of drug-likeness (QED) is 0.328. The van der Waals surface area contributed by atoms with Crippen molar-refractivity contribution in [3.05, 3.63) is 65.1 Å². The van der Waals surface area contributed by atoms with Crippen molar-refractivity contribution in [2.24, 2.45) is 0 Å². The van der Waals surface area contributed by atoms with Crippen molar-refractivity contribution in [1.29, 1.82) is 0 Å². The van der Waals surface area contributed by atoms with Crippen LogP contribution in [0.5, 0.6) is 11.5 Å². The number of methoxy groups -OCH3 is 2. The van der Waals surface area contributed by atoms with E-state index in [2.05, 4.69) is 20.4 Å². The zero-order valence-corrected chi connectivity index (χ0v) is 18.5. The lowest BCUT2D eigenvalue weighted by molar-refractivity contribution is -0.115. The minimum atomic E-state index is -0.541. The Kier molecular flexibility index (Phi) is 6.13. The van der Waals surface area contributed by atoms with Gasteiger partial charge in [-0.3, -0.25) is 9.59 Å². The molecule has 1 unspecified atom stereocenters. The number of anilines is 1. The molecule has 2 N–H and O–H groups in total. The lowest BCUT2D eigenvalue weighted by Crippen LogP contribution is -2.23. The van der Waals surface area contributed by atoms with Gasteiger partial charge in [-0.2, -0.15) is 5.10 Å². The molecule has 0 aliphatic heterocycles. The van der Waals surface area contributed by atoms with Crippen molar-refractivity contribution in [3.8, 4) is 17.2 Å². The van der Waals surface area contributed by atoms with Crippen LogP contribution in [0.3, 0.4) is 0 Å². The summed E-state index contributed by atoms with van der Waals surface area (Å²) >= 11 is 1.14. The Morgan fingerprint density at radius 3 is 2.47 bits per heavy atom. The molecule has 0 fully saturated rings. The summed E-state index contributed by atoms with van der Waals surface area (Å²) in [6, 6.07) is 14.5. The maximum atomic E-state index is 12.8. The standard InChI is InChI=1S/C22H21N5O4S/c1-13(20(28)24-14-9-16(30-2)11-17(10-14)31-3)32-22-25-19-18(21(29)26-22)12-23-27(19)15-7-5-4-6-8-15/h4-13H,1-3H3,(H,24,28)(H,25,26,29). The summed E-state index contributed by atoms with van der Waals surface area (Å²) in [7, 11) is 3.08. The van der Waals surface area contributed by atoms with Gasteiger partial charge in [0.2, 0.25) is 5.91 Å². The Labute approximate surface area is 187 Å². The molecule has 4 rings (SSSR count). The monoisotopic (exact) mass is 451 g/mol. The molecule has 2 heterocycles. The third-order valence-electron chi connectivity index (χ3n) is 4.69. The fourth-order valence-corrected chi connectivity index (χ4v) is 3.85. The molecule has 4 aromatic rings. The number of ether oxygens (including phenoxy) is 2. The van der Waals surface area contributed by atoms with Crippen LogP contribution in [0.2, 0.25) is 0 Å². The van der Waals surface area contributed by atoms with E-state index < -0.39 is 5.25 Å². The summed E-state index contributed by atoms with van der Waals surface area (Å²) in [6.07, 6.45) is 1.48. The third kappa shape index (κ3) is 4.45. The first-order valence-electron chi connectivity index (χ1n) is 9.72. The molecule has 0 saturated carbocycles. The summed E-state index contributed by atoms with van der Waals surface area (Å²) in [5.74, 6) is 0.862. The van der Waals surface area contributed by atoms with Crippen LogP contribution in [0, 0.1) is 0 Å². The normalized spacial score (nSPS) is 11.8. The molecule has 0 aliphatic carbocycles. The van der Waals surface area contributed by atoms with Crippen LogP contribution in [-0.2, 0) is 4.79 Å². The second-order valence-electron chi connectivity index (χ2n) is 6.85. The third-order valence-corrected chi connectivity index (χ3v) is 5.68. The number of aromatic amines is 1. The van der Waals surface area contributed by atoms with Gasteiger partial charge in [-0.05, 0) is 19.1 Å². The number of rotatable bonds is 7. The number of para-hydroxylation sites is 1. The van der Waals surface area contributed by atoms with Crippen molar-refractivity contribution in [1.82, 2.24) is 19.7 Å². The number of nitrogens with zero attached hydrogens (tertiary/aromatic N) is 3. The zero-order chi connectivity index (χ0) is 22.7. The molecule has 0 spiro atoms. The fourth-order valence-electron chi connectivity index (χ4n) is 3.06. The Balaban J connectivity index is 1.56. The summed E-state index contributed by atoms with van der Waals surface area (Å²) < 4.78 is 12.1. The Bertz CT molecular complexity index is 1300. The van der Waals surface area contributed by atoms with Crippen molar-refractivity contribution >= 4 is 34.4 Å². The predicted molar refractivity (Wildman–Crippen MR) is 123 cm³/mol. The second kappa shape index (κ2) is 9.15. The SMILES string of the molecule is COc1cc(NC(=O)C(C)Sc2nc3c(cnn3-c3ccccc3)c(=O)[nH]2)cc(OC)c1. The number of fused-ring (bicyclic) bond motifs is 1. The number of hydrogen-bond donors (Lipinski definition) is 2. The maximum absolute atomic E-state index is 12.8. The fraction of sp³-hybridized carbons (Fsp3) is 0.182. The Morgan fingerprint density at radius 2 is 1.81 bits per heavy atom. The number of nitrogens with one attached hydrogen (secondary N) is 2. The van der Waals surface area contributed by atoms with Crippen LogP contribution >= 0.6 is 11.8 Å². The lowest BCUT2D eigenvalue weighted by atomic mass is 10.2. The average Bonchev–Trinajstić information content (AvgIpc) is 3.23. The molecule has 2 aromatic carbocycles. The first-order valence-corrected chi connectivity index (χ1v) is 10.6. The molecule has 10 heteroatoms. The highest BCUT2D eigenvalue weighted by molar-refractivity contribution is 8.00. The average molecular weight is 452 g/mol. The molecule has 0 radical (unpaired) electrons. The highest BCUT2D eigenvalue weighted by Crippen LogP contribution is 2.27. The highest BCUT2D eigenvalue weighted by Gasteiger charge is 2.19. The van der Waals surface area contributed by atoms with Gasteiger partial charge in [0, 0.05) is 23.9 Å². The van der Waals surface area contributed by atoms with E-state index in [9.17, 15) is 9.59 Å². The number of thioether (sulfide) groups is 1. The van der Waals surface area contributed by atoms with E-state index >= 15 is 0 Å². The van der Waals surface area contributed by atoms with Crippen molar-refractivity contribution in [2.45, 2.75) is 17.3 Å². The van der Waals surface area contributed by atoms with Crippen LogP contribution in [0.15, 0.2) is 64.7 Å². The van der Waals surface area contributed by atoms with Gasteiger partial charge >= 0.3 is 0 Å². The first-order chi connectivity index (χ1) is 15.5. The number of amides is 1. The molecule has 0 saturated heterocycles. The Hall–Kier alpha value is -3.79. The number of carbonyl (C=O) groups is 1. The number of aromatic nitrogens is 4. The lowest BCUT2D eigenvalue weighted by Gasteiger charge is -2.13. The number of hydrogen-bond acceptors (Lipinski definition) is 7. The smallest absolute Gasteiger partial charge is 0.262 e. The van der Waals surface area contributed by atoms with Gasteiger partial charge in [-0.15, -0.1) is 0 Å². The molecule has 0 aliphatic rings. The van der Waals surface area contributed by atoms with Crippen LogP contribution in [0.25, 0.3) is 16.7 Å². The molecule has 1 atom stereocenters. The van der Waals surface area contributed by atoms with E-state index in [4.69, 9.17) is 9.47 Å². The molecule has 1 amide bonds. The second-order valence-corrected chi connectivity index (χ2v) is 8.18. The van der Waals surface area contributed by atoms with E-state index in [1.165, 1.54) is 20.4 Å². The van der Waals surface area contributed by atoms with Gasteiger partial charge in [0.05, 0.1) is 31.4 Å². The number of carbonyl (C=O) groups excluding carboxylic acids is 1. The molecular weight excluding hydrogens is 430 g/mol. The topological polar surface area (TPSA) is 111 Å². The van der Waals surface area contributed by atoms with Crippen LogP contribution in [0.1, 0.15) is 6.92 Å². The molecule has 32 heavy (non-hydrogen) atoms. The van der Waals surface area contributed by atoms with Crippen LogP contribution in [0.4, 0.5) is 5.69 Å². The minimum absolute atomic E-state index is 0.260. The zero-order valence-electron chi connectivity index (χ0n) is 17.7. The number of benzene rings is 2. The van der Waals surface area contributed by atoms with E-state index in [0.717, 1.165) is 17.4 Å². The van der Waals surface area contributed by atoms with Gasteiger partial charge in [-0.1, -0.05) is 30.0 Å². The molecule has 9 nitrogen and oxygen atoms in total. The molecule has 164 valence electrons. The van der Waals surface area contributed by atoms with E-state index in [0.29, 0.717) is 33.4 Å². The molecular formula is C22H21N5O4S. The van der Waals surface area contributed by atoms with Gasteiger partial charge in [0.1, 0.15) is 16.9 Å². The van der Waals surface area contributed by atoms with Crippen molar-refractivity contribution in [3.63, 3.8) is 0 Å². The predicted octanol–water partition coefficient (Wildman–Crippen LogP) is 3.25. The minimum Gasteiger partial charge on any atom is -0.497 e. The molecule has 2 aromatic heterocycles. The van der Waals surface area contributed by atoms with E-state index in [1.807, 2.05) is 30.3 Å². The maximum Gasteiger partial charge on any atom is 0.262 e. The molecule has 0 bridgehead atoms. The van der Waals surface area contributed by atoms with Gasteiger partial charge in [0.25, 0.3) is 5.56 Å². The Morgan fingerprint density at radius 1 is 1.12 bits per heavy atom. The van der Waals surface area contributed by atoms with Crippen LogP contribution < -0.4 is 20.3 Å². The van der Waals surface area contributed by atoms with Gasteiger partial charge in [0.15, 0.2) is 10.8 Å². The van der Waals surface area contributed by atoms with E-state index in [-0.39, 0.29) is 11.5 Å². The van der Waals surface area contributed by atoms with Crippen molar-refractivity contribution in [2.75, 3.05) is 19.5 Å². The summed E-state index contributed by atoms with van der Waals surface area (Å²) in [6.45, 7) is 1.73. The van der Waals surface area contributed by atoms with Crippen molar-refractivity contribution < 1.29 is 14.3 Å². The highest BCUT2D eigenvalue weighted by atomic mass is 32.2. The summed E-state index contributed by atoms with van der Waals surface area (Å²) in [4.78, 5) is 32.6. The summed E-state index contributed by atoms with van der Waals surface area (Å²) in [5.41, 5.74) is 1.43. The largest absolute Gasteiger partial charge is 0.497 e. The summed E-state index contributed by atoms with van der Waals surface area (Å²) in [5, 5.41) is 7.29. The number of H-pyrrole nitrogens is 1. The van der Waals surface area contributed by atoms with Gasteiger partial charge < -0.3 is 19.8 Å². The van der Waals surface area contributed by atoms with E-state index in [1.54, 1.807) is 29.8 Å². The van der Waals surface area contributed by atoms with Crippen LogP contribution in [-0.4, -0.2) is 45.1 Å². The van der Waals surface area contributed by atoms with Gasteiger partial charge in [-0.25, -0.2) is 9.67 Å². The first kappa shape index (κ1) is 21.4.